The number of hydrogen-bond acceptors (Lipinski definition) is 3. The van der Waals surface area contributed by atoms with Gasteiger partial charge in [0.1, 0.15) is 12.4 Å². The van der Waals surface area contributed by atoms with Crippen molar-refractivity contribution in [2.24, 2.45) is 5.92 Å². The van der Waals surface area contributed by atoms with Gasteiger partial charge in [-0.3, -0.25) is 0 Å². The van der Waals surface area contributed by atoms with Crippen molar-refractivity contribution in [3.8, 4) is 5.75 Å². The summed E-state index contributed by atoms with van der Waals surface area (Å²) in [7, 11) is 0. The molecule has 0 unspecified atom stereocenters. The molecule has 1 aromatic carbocycles. The Morgan fingerprint density at radius 3 is 2.55 bits per heavy atom. The lowest BCUT2D eigenvalue weighted by atomic mass is 10.2. The smallest absolute Gasteiger partial charge is 0.123 e. The van der Waals surface area contributed by atoms with Crippen molar-refractivity contribution in [2.75, 3.05) is 19.8 Å². The summed E-state index contributed by atoms with van der Waals surface area (Å²) in [5.74, 6) is 1.57. The van der Waals surface area contributed by atoms with E-state index in [9.17, 15) is 0 Å². The van der Waals surface area contributed by atoms with Gasteiger partial charge in [-0.05, 0) is 44.5 Å². The third-order valence-corrected chi connectivity index (χ3v) is 3.18. The number of rotatable bonds is 9. The van der Waals surface area contributed by atoms with E-state index in [1.807, 2.05) is 26.0 Å². The van der Waals surface area contributed by atoms with Gasteiger partial charge in [-0.15, -0.1) is 0 Å². The number of nitrogens with one attached hydrogen (secondary N) is 1. The molecule has 0 radical (unpaired) electrons. The molecule has 4 heteroatoms. The van der Waals surface area contributed by atoms with E-state index in [0.717, 1.165) is 23.3 Å². The van der Waals surface area contributed by atoms with Crippen LogP contribution in [0.25, 0.3) is 0 Å². The molecule has 20 heavy (non-hydrogen) atoms. The minimum absolute atomic E-state index is 0.246. The largest absolute Gasteiger partial charge is 0.491 e. The van der Waals surface area contributed by atoms with Crippen molar-refractivity contribution in [3.63, 3.8) is 0 Å². The predicted octanol–water partition coefficient (Wildman–Crippen LogP) is 4.00. The molecule has 0 atom stereocenters. The quantitative estimate of drug-likeness (QED) is 0.687. The highest BCUT2D eigenvalue weighted by Gasteiger charge is 2.05. The van der Waals surface area contributed by atoms with E-state index in [0.29, 0.717) is 19.1 Å². The molecule has 0 aliphatic heterocycles. The topological polar surface area (TPSA) is 30.5 Å². The van der Waals surface area contributed by atoms with E-state index in [4.69, 9.17) is 9.47 Å². The van der Waals surface area contributed by atoms with Crippen LogP contribution in [0.15, 0.2) is 22.7 Å². The van der Waals surface area contributed by atoms with Gasteiger partial charge in [0.15, 0.2) is 0 Å². The maximum absolute atomic E-state index is 5.81. The fraction of sp³-hybridized carbons (Fsp3) is 0.625. The molecule has 0 amide bonds. The molecule has 3 nitrogen and oxygen atoms in total. The van der Waals surface area contributed by atoms with Crippen LogP contribution in [0.4, 0.5) is 0 Å². The summed E-state index contributed by atoms with van der Waals surface area (Å²) >= 11 is 3.51. The van der Waals surface area contributed by atoms with Crippen molar-refractivity contribution in [2.45, 2.75) is 40.3 Å². The van der Waals surface area contributed by atoms with E-state index >= 15 is 0 Å². The van der Waals surface area contributed by atoms with Gasteiger partial charge in [0.2, 0.25) is 0 Å². The third-order valence-electron chi connectivity index (χ3n) is 2.68. The van der Waals surface area contributed by atoms with Crippen molar-refractivity contribution in [1.82, 2.24) is 5.32 Å². The number of benzene rings is 1. The van der Waals surface area contributed by atoms with Gasteiger partial charge in [-0.25, -0.2) is 0 Å². The fourth-order valence-corrected chi connectivity index (χ4v) is 2.17. The summed E-state index contributed by atoms with van der Waals surface area (Å²) < 4.78 is 12.4. The highest BCUT2D eigenvalue weighted by Crippen LogP contribution is 2.23. The average molecular weight is 344 g/mol. The van der Waals surface area contributed by atoms with Crippen LogP contribution in [0.2, 0.25) is 0 Å². The number of hydrogen-bond donors (Lipinski definition) is 1. The Hall–Kier alpha value is -0.580. The van der Waals surface area contributed by atoms with E-state index in [1.54, 1.807) is 0 Å². The minimum Gasteiger partial charge on any atom is -0.491 e. The summed E-state index contributed by atoms with van der Waals surface area (Å²) in [6.45, 7) is 11.5. The Morgan fingerprint density at radius 2 is 1.90 bits per heavy atom. The van der Waals surface area contributed by atoms with Crippen molar-refractivity contribution >= 4 is 15.9 Å². The maximum atomic E-state index is 5.81. The SMILES string of the molecule is CC(C)CNCc1cc(Br)ccc1OCCOC(C)C. The third kappa shape index (κ3) is 7.27. The molecule has 0 heterocycles. The first-order valence-corrected chi connectivity index (χ1v) is 8.02. The Morgan fingerprint density at radius 1 is 1.15 bits per heavy atom. The van der Waals surface area contributed by atoms with Gasteiger partial charge < -0.3 is 14.8 Å². The summed E-state index contributed by atoms with van der Waals surface area (Å²) in [6.07, 6.45) is 0.246. The summed E-state index contributed by atoms with van der Waals surface area (Å²) in [5, 5.41) is 3.45. The molecule has 0 aliphatic rings. The highest BCUT2D eigenvalue weighted by atomic mass is 79.9. The second-order valence-corrected chi connectivity index (χ2v) is 6.46. The van der Waals surface area contributed by atoms with Gasteiger partial charge >= 0.3 is 0 Å². The molecule has 0 saturated carbocycles. The second kappa shape index (κ2) is 9.37. The molecule has 114 valence electrons. The zero-order valence-electron chi connectivity index (χ0n) is 12.9. The van der Waals surface area contributed by atoms with Crippen LogP contribution in [-0.2, 0) is 11.3 Å². The molecule has 1 rings (SSSR count). The lowest BCUT2D eigenvalue weighted by molar-refractivity contribution is 0.0550. The molecule has 0 aliphatic carbocycles. The fourth-order valence-electron chi connectivity index (χ4n) is 1.76. The first-order valence-electron chi connectivity index (χ1n) is 7.22. The molecule has 0 bridgehead atoms. The van der Waals surface area contributed by atoms with Gasteiger partial charge in [0.25, 0.3) is 0 Å². The summed E-state index contributed by atoms with van der Waals surface area (Å²) in [4.78, 5) is 0. The molecular weight excluding hydrogens is 318 g/mol. The Kier molecular flexibility index (Phi) is 8.19. The zero-order chi connectivity index (χ0) is 15.0. The molecule has 0 saturated heterocycles. The lowest BCUT2D eigenvalue weighted by Gasteiger charge is -2.14. The van der Waals surface area contributed by atoms with Crippen LogP contribution in [-0.4, -0.2) is 25.9 Å². The van der Waals surface area contributed by atoms with Crippen LogP contribution in [0.1, 0.15) is 33.3 Å². The lowest BCUT2D eigenvalue weighted by Crippen LogP contribution is -2.20. The van der Waals surface area contributed by atoms with E-state index < -0.39 is 0 Å². The molecule has 1 aromatic rings. The first-order chi connectivity index (χ1) is 9.49. The maximum Gasteiger partial charge on any atom is 0.123 e. The van der Waals surface area contributed by atoms with Gasteiger partial charge in [0, 0.05) is 16.6 Å². The van der Waals surface area contributed by atoms with Crippen LogP contribution in [0.5, 0.6) is 5.75 Å². The summed E-state index contributed by atoms with van der Waals surface area (Å²) in [6, 6.07) is 6.11. The number of halogens is 1. The second-order valence-electron chi connectivity index (χ2n) is 5.54. The Balaban J connectivity index is 2.51. The molecule has 0 fully saturated rings. The van der Waals surface area contributed by atoms with Gasteiger partial charge in [-0.1, -0.05) is 29.8 Å². The summed E-state index contributed by atoms with van der Waals surface area (Å²) in [5.41, 5.74) is 1.17. The number of ether oxygens (including phenoxy) is 2. The van der Waals surface area contributed by atoms with E-state index in [-0.39, 0.29) is 6.10 Å². The average Bonchev–Trinajstić information content (AvgIpc) is 2.36. The minimum atomic E-state index is 0.246. The monoisotopic (exact) mass is 343 g/mol. The van der Waals surface area contributed by atoms with Crippen LogP contribution < -0.4 is 10.1 Å². The van der Waals surface area contributed by atoms with Gasteiger partial charge in [-0.2, -0.15) is 0 Å². The zero-order valence-corrected chi connectivity index (χ0v) is 14.5. The predicted molar refractivity (Wildman–Crippen MR) is 87.3 cm³/mol. The molecule has 0 spiro atoms. The molecule has 1 N–H and O–H groups in total. The highest BCUT2D eigenvalue weighted by molar-refractivity contribution is 9.10. The standard InChI is InChI=1S/C16H26BrNO2/c1-12(2)10-18-11-14-9-15(17)5-6-16(14)20-8-7-19-13(3)4/h5-6,9,12-13,18H,7-8,10-11H2,1-4H3. The van der Waals surface area contributed by atoms with Crippen LogP contribution >= 0.6 is 15.9 Å². The van der Waals surface area contributed by atoms with Crippen molar-refractivity contribution in [1.29, 1.82) is 0 Å². The first kappa shape index (κ1) is 17.5. The van der Waals surface area contributed by atoms with Crippen molar-refractivity contribution in [3.05, 3.63) is 28.2 Å². The normalized spacial score (nSPS) is 11.3. The molecule has 0 aromatic heterocycles. The Bertz CT molecular complexity index is 394. The molecular formula is C16H26BrNO2. The van der Waals surface area contributed by atoms with Crippen LogP contribution in [0, 0.1) is 5.92 Å². The van der Waals surface area contributed by atoms with Crippen molar-refractivity contribution < 1.29 is 9.47 Å². The van der Waals surface area contributed by atoms with E-state index in [2.05, 4.69) is 41.2 Å². The van der Waals surface area contributed by atoms with Crippen LogP contribution in [0.3, 0.4) is 0 Å². The van der Waals surface area contributed by atoms with Gasteiger partial charge in [0.05, 0.1) is 12.7 Å². The van der Waals surface area contributed by atoms with E-state index in [1.165, 1.54) is 5.56 Å². The Labute approximate surface area is 131 Å².